The second kappa shape index (κ2) is 8.36. The van der Waals surface area contributed by atoms with Crippen LogP contribution >= 0.6 is 24.0 Å². The third-order valence-electron chi connectivity index (χ3n) is 2.00. The molecule has 0 heterocycles. The molecule has 1 aromatic rings. The lowest BCUT2D eigenvalue weighted by atomic mass is 10.3. The van der Waals surface area contributed by atoms with E-state index in [0.717, 1.165) is 10.2 Å². The fraction of sp³-hybridized carbons (Fsp3) is 0.462. The lowest BCUT2D eigenvalue weighted by Gasteiger charge is -2.27. The maximum Gasteiger partial charge on any atom is 0.360 e. The van der Waals surface area contributed by atoms with E-state index >= 15 is 0 Å². The number of nitrogens with zero attached hydrogens (tertiary/aromatic N) is 1. The number of hydrogen-bond donors (Lipinski definition) is 1. The van der Waals surface area contributed by atoms with E-state index in [-0.39, 0.29) is 17.4 Å². The van der Waals surface area contributed by atoms with Crippen molar-refractivity contribution in [2.45, 2.75) is 39.9 Å². The first-order valence-electron chi connectivity index (χ1n) is 6.47. The molecule has 0 fully saturated rings. The van der Waals surface area contributed by atoms with Gasteiger partial charge in [0.05, 0.1) is 0 Å². The third kappa shape index (κ3) is 7.49. The lowest BCUT2D eigenvalue weighted by Crippen LogP contribution is -2.23. The highest BCUT2D eigenvalue weighted by Crippen LogP contribution is 2.56. The van der Waals surface area contributed by atoms with E-state index in [1.807, 2.05) is 24.3 Å². The zero-order valence-corrected chi connectivity index (χ0v) is 15.7. The van der Waals surface area contributed by atoms with Crippen LogP contribution in [0.15, 0.2) is 33.5 Å². The number of rotatable bonds is 6. The van der Waals surface area contributed by atoms with Crippen molar-refractivity contribution in [3.8, 4) is 0 Å². The molecule has 0 aliphatic rings. The molecule has 0 radical (unpaired) electrons. The monoisotopic (exact) mass is 393 g/mol. The van der Waals surface area contributed by atoms with E-state index in [0.29, 0.717) is 0 Å². The van der Waals surface area contributed by atoms with Gasteiger partial charge in [0.25, 0.3) is 0 Å². The molecule has 0 unspecified atom stereocenters. The van der Waals surface area contributed by atoms with Crippen LogP contribution in [-0.4, -0.2) is 17.4 Å². The van der Waals surface area contributed by atoms with Crippen molar-refractivity contribution >= 4 is 47.5 Å². The van der Waals surface area contributed by atoms with Crippen molar-refractivity contribution in [2.75, 3.05) is 5.32 Å². The van der Waals surface area contributed by atoms with E-state index in [1.54, 1.807) is 27.7 Å². The average Bonchev–Trinajstić information content (AvgIpc) is 2.28. The maximum atomic E-state index is 12.5. The molecule has 0 spiro atoms. The maximum absolute atomic E-state index is 12.5. The van der Waals surface area contributed by atoms with E-state index < -0.39 is 8.09 Å². The Morgan fingerprint density at radius 1 is 1.19 bits per heavy atom. The zero-order chi connectivity index (χ0) is 16.0. The third-order valence-corrected chi connectivity index (χ3v) is 4.68. The summed E-state index contributed by atoms with van der Waals surface area (Å²) in [6.45, 7) is 7.04. The van der Waals surface area contributed by atoms with Gasteiger partial charge < -0.3 is 22.8 Å². The summed E-state index contributed by atoms with van der Waals surface area (Å²) in [6.07, 6.45) is -0.567. The summed E-state index contributed by atoms with van der Waals surface area (Å²) >= 11 is 8.45. The molecule has 118 valence electrons. The highest BCUT2D eigenvalue weighted by atomic mass is 79.9. The minimum Gasteiger partial charge on any atom is -0.739 e. The van der Waals surface area contributed by atoms with Crippen LogP contribution < -0.4 is 10.2 Å². The second-order valence-electron chi connectivity index (χ2n) is 4.81. The molecular weight excluding hydrogens is 375 g/mol. The fourth-order valence-electron chi connectivity index (χ4n) is 1.40. The van der Waals surface area contributed by atoms with Crippen LogP contribution in [0.2, 0.25) is 0 Å². The zero-order valence-electron chi connectivity index (χ0n) is 12.4. The van der Waals surface area contributed by atoms with Gasteiger partial charge in [-0.1, -0.05) is 20.7 Å². The quantitative estimate of drug-likeness (QED) is 0.345. The molecule has 21 heavy (non-hydrogen) atoms. The summed E-state index contributed by atoms with van der Waals surface area (Å²) in [4.78, 5) is 12.5. The van der Waals surface area contributed by atoms with Crippen LogP contribution in [0.25, 0.3) is 0 Å². The SMILES string of the molecule is CC(C)O[P+]([O-])(N=C([S-])Nc1ccc(Br)cc1)OC(C)C. The van der Waals surface area contributed by atoms with Gasteiger partial charge in [0.1, 0.15) is 12.2 Å². The summed E-state index contributed by atoms with van der Waals surface area (Å²) in [5, 5.41) is 2.94. The minimum absolute atomic E-state index is 0.0574. The van der Waals surface area contributed by atoms with Gasteiger partial charge in [-0.3, -0.25) is 0 Å². The van der Waals surface area contributed by atoms with Crippen LogP contribution in [-0.2, 0) is 21.7 Å². The molecule has 8 heteroatoms. The number of nitrogens with one attached hydrogen (secondary N) is 1. The van der Waals surface area contributed by atoms with Crippen molar-refractivity contribution in [1.82, 2.24) is 0 Å². The first-order valence-corrected chi connectivity index (χ1v) is 9.16. The Hall–Kier alpha value is -0.300. The Morgan fingerprint density at radius 2 is 1.67 bits per heavy atom. The van der Waals surface area contributed by atoms with Gasteiger partial charge in [0, 0.05) is 15.3 Å². The smallest absolute Gasteiger partial charge is 0.360 e. The molecule has 0 saturated carbocycles. The highest BCUT2D eigenvalue weighted by molar-refractivity contribution is 9.10. The highest BCUT2D eigenvalue weighted by Gasteiger charge is 2.33. The Kier molecular flexibility index (Phi) is 7.47. The van der Waals surface area contributed by atoms with Gasteiger partial charge in [-0.25, -0.2) is 0 Å². The van der Waals surface area contributed by atoms with E-state index in [4.69, 9.17) is 21.7 Å². The summed E-state index contributed by atoms with van der Waals surface area (Å²) in [6, 6.07) is 7.37. The number of hydrogen-bond acceptors (Lipinski definition) is 5. The fourth-order valence-corrected chi connectivity index (χ4v) is 3.56. The van der Waals surface area contributed by atoms with Gasteiger partial charge in [-0.15, -0.1) is 0 Å². The topological polar surface area (TPSA) is 65.9 Å². The van der Waals surface area contributed by atoms with Crippen LogP contribution in [0.5, 0.6) is 0 Å². The summed E-state index contributed by atoms with van der Waals surface area (Å²) < 4.78 is 15.5. The number of anilines is 1. The van der Waals surface area contributed by atoms with E-state index in [1.165, 1.54) is 0 Å². The predicted molar refractivity (Wildman–Crippen MR) is 91.9 cm³/mol. The van der Waals surface area contributed by atoms with Gasteiger partial charge in [0.15, 0.2) is 0 Å². The molecular formula is C13H19BrN2O3PS-. The van der Waals surface area contributed by atoms with Gasteiger partial charge in [-0.2, -0.15) is 9.05 Å². The van der Waals surface area contributed by atoms with Crippen molar-refractivity contribution < 1.29 is 13.9 Å². The molecule has 0 aliphatic carbocycles. The molecule has 0 atom stereocenters. The first-order chi connectivity index (χ1) is 9.70. The van der Waals surface area contributed by atoms with Crippen molar-refractivity contribution in [3.63, 3.8) is 0 Å². The molecule has 0 aromatic heterocycles. The van der Waals surface area contributed by atoms with Gasteiger partial charge in [0.2, 0.25) is 0 Å². The molecule has 1 rings (SSSR count). The molecule has 5 nitrogen and oxygen atoms in total. The summed E-state index contributed by atoms with van der Waals surface area (Å²) in [5.74, 6) is 0. The number of halogens is 1. The van der Waals surface area contributed by atoms with E-state index in [2.05, 4.69) is 26.0 Å². The summed E-state index contributed by atoms with van der Waals surface area (Å²) in [5.41, 5.74) is 0.743. The summed E-state index contributed by atoms with van der Waals surface area (Å²) in [7, 11) is -3.62. The normalized spacial score (nSPS) is 13.0. The predicted octanol–water partition coefficient (Wildman–Crippen LogP) is 3.65. The van der Waals surface area contributed by atoms with E-state index in [9.17, 15) is 4.89 Å². The molecule has 1 N–H and O–H groups in total. The Balaban J connectivity index is 2.85. The molecule has 0 bridgehead atoms. The average molecular weight is 394 g/mol. The Labute approximate surface area is 140 Å². The first kappa shape index (κ1) is 18.7. The largest absolute Gasteiger partial charge is 0.739 e. The van der Waals surface area contributed by atoms with Gasteiger partial charge in [-0.05, 0) is 52.0 Å². The Bertz CT molecular complexity index is 473. The second-order valence-corrected chi connectivity index (χ2v) is 7.68. The molecule has 1 aromatic carbocycles. The van der Waals surface area contributed by atoms with Crippen LogP contribution in [0.4, 0.5) is 5.69 Å². The van der Waals surface area contributed by atoms with Gasteiger partial charge >= 0.3 is 8.09 Å². The van der Waals surface area contributed by atoms with Crippen LogP contribution in [0, 0.1) is 0 Å². The molecule has 0 amide bonds. The van der Waals surface area contributed by atoms with Crippen molar-refractivity contribution in [1.29, 1.82) is 0 Å². The molecule has 0 saturated heterocycles. The van der Waals surface area contributed by atoms with Crippen molar-refractivity contribution in [2.24, 2.45) is 4.76 Å². The van der Waals surface area contributed by atoms with Crippen molar-refractivity contribution in [3.05, 3.63) is 28.7 Å². The number of amidine groups is 1. The molecule has 0 aliphatic heterocycles. The lowest BCUT2D eigenvalue weighted by molar-refractivity contribution is -0.225. The standard InChI is InChI=1S/C13H20BrN2O3PS/c1-9(2)18-20(17,19-10(3)4)16-13(21)15-12-7-5-11(14)6-8-12/h5-10H,1-4H3,(H2,15,16,17,21)/p-1. The minimum atomic E-state index is -3.62. The number of benzene rings is 1. The van der Waals surface area contributed by atoms with Crippen LogP contribution in [0.3, 0.4) is 0 Å². The van der Waals surface area contributed by atoms with Crippen LogP contribution in [0.1, 0.15) is 27.7 Å². The Morgan fingerprint density at radius 3 is 2.10 bits per heavy atom.